The zero-order valence-electron chi connectivity index (χ0n) is 18.8. The molecule has 31 heavy (non-hydrogen) atoms. The van der Waals surface area contributed by atoms with Crippen molar-refractivity contribution in [2.45, 2.75) is 19.8 Å². The Morgan fingerprint density at radius 2 is 1.48 bits per heavy atom. The molecule has 2 aromatic rings. The smallest absolute Gasteiger partial charge is 0.279 e. The van der Waals surface area contributed by atoms with E-state index in [9.17, 15) is 4.79 Å². The molecule has 6 nitrogen and oxygen atoms in total. The molecule has 0 unspecified atom stereocenters. The fraction of sp³-hybridized carbons (Fsp3) is 0.480. The number of piperidine rings is 1. The molecule has 0 aromatic heterocycles. The first kappa shape index (κ1) is 21.5. The maximum atomic E-state index is 12.6. The maximum absolute atomic E-state index is 12.6. The highest BCUT2D eigenvalue weighted by atomic mass is 16.5. The van der Waals surface area contributed by atoms with Gasteiger partial charge >= 0.3 is 0 Å². The van der Waals surface area contributed by atoms with Crippen molar-refractivity contribution in [2.24, 2.45) is 5.92 Å². The van der Waals surface area contributed by atoms with Crippen LogP contribution in [0.15, 0.2) is 48.5 Å². The van der Waals surface area contributed by atoms with Gasteiger partial charge in [-0.2, -0.15) is 0 Å². The summed E-state index contributed by atoms with van der Waals surface area (Å²) in [5.74, 6) is 1.80. The Kier molecular flexibility index (Phi) is 6.97. The minimum atomic E-state index is 0.0902. The van der Waals surface area contributed by atoms with Crippen molar-refractivity contribution in [1.29, 1.82) is 0 Å². The molecular weight excluding hydrogens is 388 g/mol. The van der Waals surface area contributed by atoms with Gasteiger partial charge in [0.25, 0.3) is 5.91 Å². The lowest BCUT2D eigenvalue weighted by Gasteiger charge is -2.33. The molecule has 2 aromatic carbocycles. The van der Waals surface area contributed by atoms with E-state index in [0.29, 0.717) is 6.54 Å². The Morgan fingerprint density at radius 1 is 0.935 bits per heavy atom. The molecule has 2 heterocycles. The molecule has 6 heteroatoms. The lowest BCUT2D eigenvalue weighted by Crippen LogP contribution is -3.15. The van der Waals surface area contributed by atoms with E-state index in [-0.39, 0.29) is 5.91 Å². The lowest BCUT2D eigenvalue weighted by atomic mass is 9.99. The van der Waals surface area contributed by atoms with Gasteiger partial charge in [-0.3, -0.25) is 4.79 Å². The van der Waals surface area contributed by atoms with Gasteiger partial charge in [0, 0.05) is 30.2 Å². The van der Waals surface area contributed by atoms with Gasteiger partial charge in [-0.15, -0.1) is 0 Å². The molecule has 166 valence electrons. The topological polar surface area (TPSA) is 49.3 Å². The number of piperazine rings is 1. The molecule has 2 N–H and O–H groups in total. The summed E-state index contributed by atoms with van der Waals surface area (Å²) in [6.07, 6.45) is 2.51. The first-order valence-corrected chi connectivity index (χ1v) is 11.5. The number of hydrogen-bond donors (Lipinski definition) is 2. The van der Waals surface area contributed by atoms with Crippen LogP contribution in [0.3, 0.4) is 0 Å². The normalized spacial score (nSPS) is 18.1. The minimum Gasteiger partial charge on any atom is -0.497 e. The van der Waals surface area contributed by atoms with Gasteiger partial charge in [-0.05, 0) is 67.3 Å². The van der Waals surface area contributed by atoms with Gasteiger partial charge in [-0.25, -0.2) is 0 Å². The van der Waals surface area contributed by atoms with Crippen LogP contribution in [0.5, 0.6) is 5.75 Å². The van der Waals surface area contributed by atoms with Crippen LogP contribution >= 0.6 is 0 Å². The van der Waals surface area contributed by atoms with Gasteiger partial charge in [0.1, 0.15) is 5.75 Å². The summed E-state index contributed by atoms with van der Waals surface area (Å²) in [5, 5.41) is 3.08. The fourth-order valence-electron chi connectivity index (χ4n) is 4.51. The highest BCUT2D eigenvalue weighted by molar-refractivity contribution is 5.91. The number of carbonyl (C=O) groups excluding carboxylic acids is 1. The molecule has 2 fully saturated rings. The van der Waals surface area contributed by atoms with Gasteiger partial charge in [0.15, 0.2) is 6.54 Å². The predicted molar refractivity (Wildman–Crippen MR) is 126 cm³/mol. The van der Waals surface area contributed by atoms with E-state index in [1.54, 1.807) is 7.11 Å². The Balaban J connectivity index is 1.22. The van der Waals surface area contributed by atoms with Crippen LogP contribution in [-0.2, 0) is 4.79 Å². The van der Waals surface area contributed by atoms with E-state index in [1.807, 2.05) is 24.3 Å². The monoisotopic (exact) mass is 423 g/mol. The number of nitrogens with zero attached hydrogens (tertiary/aromatic N) is 2. The number of anilines is 3. The van der Waals surface area contributed by atoms with Crippen LogP contribution in [0.2, 0.25) is 0 Å². The van der Waals surface area contributed by atoms with Crippen molar-refractivity contribution < 1.29 is 14.4 Å². The van der Waals surface area contributed by atoms with E-state index < -0.39 is 0 Å². The second-order valence-electron chi connectivity index (χ2n) is 8.88. The van der Waals surface area contributed by atoms with Gasteiger partial charge in [0.05, 0.1) is 33.3 Å². The molecule has 0 spiro atoms. The number of methoxy groups -OCH3 is 1. The van der Waals surface area contributed by atoms with E-state index >= 15 is 0 Å². The third-order valence-corrected chi connectivity index (χ3v) is 6.62. The molecule has 0 radical (unpaired) electrons. The van der Waals surface area contributed by atoms with E-state index in [4.69, 9.17) is 4.74 Å². The summed E-state index contributed by atoms with van der Waals surface area (Å²) in [6, 6.07) is 16.5. The highest BCUT2D eigenvalue weighted by Gasteiger charge is 2.22. The maximum Gasteiger partial charge on any atom is 0.279 e. The van der Waals surface area contributed by atoms with Gasteiger partial charge in [0.2, 0.25) is 0 Å². The summed E-state index contributed by atoms with van der Waals surface area (Å²) in [5.41, 5.74) is 3.35. The third kappa shape index (κ3) is 5.70. The molecular formula is C25H35N4O2+. The van der Waals surface area contributed by atoms with Crippen LogP contribution in [-0.4, -0.2) is 58.8 Å². The van der Waals surface area contributed by atoms with Gasteiger partial charge in [-0.1, -0.05) is 6.92 Å². The standard InChI is InChI=1S/C25H34N4O2/c1-20-11-13-28(14-12-20)22-5-3-21(4-6-22)26-25(30)19-27-15-17-29(18-16-27)23-7-9-24(31-2)10-8-23/h3-10,20H,11-19H2,1-2H3,(H,26,30)/p+1. The van der Waals surface area contributed by atoms with E-state index in [0.717, 1.165) is 56.6 Å². The molecule has 0 aliphatic carbocycles. The van der Waals surface area contributed by atoms with E-state index in [1.165, 1.54) is 29.1 Å². The second kappa shape index (κ2) is 10.1. The van der Waals surface area contributed by atoms with Crippen molar-refractivity contribution in [2.75, 3.05) is 68.0 Å². The summed E-state index contributed by atoms with van der Waals surface area (Å²) in [6.45, 7) is 8.93. The average molecular weight is 424 g/mol. The molecule has 0 bridgehead atoms. The fourth-order valence-corrected chi connectivity index (χ4v) is 4.51. The molecule has 2 saturated heterocycles. The van der Waals surface area contributed by atoms with Crippen molar-refractivity contribution in [3.63, 3.8) is 0 Å². The third-order valence-electron chi connectivity index (χ3n) is 6.62. The zero-order chi connectivity index (χ0) is 21.6. The number of carbonyl (C=O) groups is 1. The van der Waals surface area contributed by atoms with Crippen molar-refractivity contribution in [3.8, 4) is 5.75 Å². The first-order valence-electron chi connectivity index (χ1n) is 11.5. The summed E-state index contributed by atoms with van der Waals surface area (Å²) in [4.78, 5) is 18.7. The molecule has 2 aliphatic heterocycles. The van der Waals surface area contributed by atoms with Crippen molar-refractivity contribution >= 4 is 23.0 Å². The highest BCUT2D eigenvalue weighted by Crippen LogP contribution is 2.24. The molecule has 1 amide bonds. The first-order chi connectivity index (χ1) is 15.1. The Hall–Kier alpha value is -2.73. The SMILES string of the molecule is COc1ccc(N2CC[NH+](CC(=O)Nc3ccc(N4CCC(C)CC4)cc3)CC2)cc1. The number of rotatable bonds is 6. The average Bonchev–Trinajstić information content (AvgIpc) is 2.81. The Morgan fingerprint density at radius 3 is 2.06 bits per heavy atom. The molecule has 2 aliphatic rings. The summed E-state index contributed by atoms with van der Waals surface area (Å²) >= 11 is 0. The number of ether oxygens (including phenoxy) is 1. The van der Waals surface area contributed by atoms with E-state index in [2.05, 4.69) is 46.3 Å². The number of quaternary nitrogens is 1. The van der Waals surface area contributed by atoms with Crippen LogP contribution in [0, 0.1) is 5.92 Å². The van der Waals surface area contributed by atoms with Crippen LogP contribution in [0.25, 0.3) is 0 Å². The number of benzene rings is 2. The zero-order valence-corrected chi connectivity index (χ0v) is 18.8. The quantitative estimate of drug-likeness (QED) is 0.749. The predicted octanol–water partition coefficient (Wildman–Crippen LogP) is 2.28. The second-order valence-corrected chi connectivity index (χ2v) is 8.88. The number of hydrogen-bond acceptors (Lipinski definition) is 4. The summed E-state index contributed by atoms with van der Waals surface area (Å²) < 4.78 is 5.24. The number of amides is 1. The Labute approximate surface area is 185 Å². The van der Waals surface area contributed by atoms with Crippen molar-refractivity contribution in [1.82, 2.24) is 0 Å². The largest absolute Gasteiger partial charge is 0.497 e. The Bertz CT molecular complexity index is 837. The molecule has 4 rings (SSSR count). The van der Waals surface area contributed by atoms with Crippen LogP contribution < -0.4 is 24.8 Å². The van der Waals surface area contributed by atoms with Crippen LogP contribution in [0.1, 0.15) is 19.8 Å². The number of nitrogens with one attached hydrogen (secondary N) is 2. The van der Waals surface area contributed by atoms with Crippen molar-refractivity contribution in [3.05, 3.63) is 48.5 Å². The molecule has 0 atom stereocenters. The van der Waals surface area contributed by atoms with Gasteiger partial charge < -0.3 is 24.8 Å². The summed E-state index contributed by atoms with van der Waals surface area (Å²) in [7, 11) is 1.69. The minimum absolute atomic E-state index is 0.0902. The van der Waals surface area contributed by atoms with Crippen LogP contribution in [0.4, 0.5) is 17.1 Å². The molecule has 0 saturated carbocycles. The lowest BCUT2D eigenvalue weighted by molar-refractivity contribution is -0.892.